The van der Waals surface area contributed by atoms with Crippen molar-refractivity contribution in [1.29, 1.82) is 0 Å². The van der Waals surface area contributed by atoms with E-state index in [4.69, 9.17) is 30.4 Å². The average Bonchev–Trinajstić information content (AvgIpc) is 3.12. The predicted octanol–water partition coefficient (Wildman–Crippen LogP) is 7.10. The van der Waals surface area contributed by atoms with Gasteiger partial charge in [0.15, 0.2) is 11.6 Å². The second kappa shape index (κ2) is 19.1. The smallest absolute Gasteiger partial charge is 0.162 e. The Bertz CT molecular complexity index is 1840. The molecule has 9 nitrogen and oxygen atoms in total. The van der Waals surface area contributed by atoms with Gasteiger partial charge in [-0.05, 0) is 105 Å². The molecule has 0 aliphatic rings. The summed E-state index contributed by atoms with van der Waals surface area (Å²) in [7, 11) is 0. The summed E-state index contributed by atoms with van der Waals surface area (Å²) in [5.74, 6) is 1.43. The number of carbonyl (C=O) groups is 1. The molecule has 5 rings (SSSR count). The van der Waals surface area contributed by atoms with Crippen molar-refractivity contribution >= 4 is 33.4 Å². The van der Waals surface area contributed by atoms with Gasteiger partial charge in [-0.25, -0.2) is 4.98 Å². The number of benzene rings is 3. The first-order valence-corrected chi connectivity index (χ1v) is 17.6. The minimum absolute atomic E-state index is 0.144. The molecule has 2 aromatic heterocycles. The fourth-order valence-corrected chi connectivity index (χ4v) is 5.83. The number of ketones is 1. The average molecular weight is 679 g/mol. The van der Waals surface area contributed by atoms with Gasteiger partial charge in [-0.3, -0.25) is 9.78 Å². The Morgan fingerprint density at radius 1 is 0.740 bits per heavy atom. The van der Waals surface area contributed by atoms with E-state index in [1.54, 1.807) is 0 Å². The van der Waals surface area contributed by atoms with E-state index >= 15 is 0 Å². The van der Waals surface area contributed by atoms with Gasteiger partial charge in [0.05, 0.1) is 31.9 Å². The zero-order valence-electron chi connectivity index (χ0n) is 29.4. The summed E-state index contributed by atoms with van der Waals surface area (Å²) < 4.78 is 22.6. The van der Waals surface area contributed by atoms with Crippen LogP contribution < -0.4 is 16.2 Å². The summed E-state index contributed by atoms with van der Waals surface area (Å²) >= 11 is 0. The fraction of sp³-hybridized carbons (Fsp3) is 0.390. The SMILES string of the molecule is Cc1ccc2c(c1)nc(N)c1ncc(CCc3ccc(OCc4ccc(C(=O)CCCCOCCOCCOCCCN)cc4)cc3C)cc12. The highest BCUT2D eigenvalue weighted by Gasteiger charge is 2.11. The number of rotatable bonds is 21. The fourth-order valence-electron chi connectivity index (χ4n) is 5.83. The van der Waals surface area contributed by atoms with E-state index in [-0.39, 0.29) is 5.78 Å². The summed E-state index contributed by atoms with van der Waals surface area (Å²) in [4.78, 5) is 21.9. The van der Waals surface area contributed by atoms with E-state index in [1.807, 2.05) is 36.5 Å². The highest BCUT2D eigenvalue weighted by atomic mass is 16.5. The van der Waals surface area contributed by atoms with Crippen LogP contribution in [0.3, 0.4) is 0 Å². The molecule has 50 heavy (non-hydrogen) atoms. The van der Waals surface area contributed by atoms with Crippen LogP contribution in [0.25, 0.3) is 21.8 Å². The quantitative estimate of drug-likeness (QED) is 0.0474. The molecule has 0 saturated heterocycles. The minimum atomic E-state index is 0.144. The number of aryl methyl sites for hydroxylation is 4. The Labute approximate surface area is 295 Å². The van der Waals surface area contributed by atoms with E-state index in [9.17, 15) is 4.79 Å². The molecule has 0 saturated carbocycles. The Kier molecular flexibility index (Phi) is 14.1. The van der Waals surface area contributed by atoms with Crippen molar-refractivity contribution in [2.45, 2.75) is 59.0 Å². The summed E-state index contributed by atoms with van der Waals surface area (Å²) in [5, 5.41) is 2.11. The Hall–Kier alpha value is -4.41. The number of ether oxygens (including phenoxy) is 4. The number of hydrogen-bond donors (Lipinski definition) is 2. The van der Waals surface area contributed by atoms with Crippen molar-refractivity contribution in [2.24, 2.45) is 5.73 Å². The first-order valence-electron chi connectivity index (χ1n) is 17.6. The molecule has 0 amide bonds. The molecule has 0 aliphatic carbocycles. The Balaban J connectivity index is 1.01. The van der Waals surface area contributed by atoms with Crippen LogP contribution in [-0.2, 0) is 33.7 Å². The topological polar surface area (TPSA) is 132 Å². The summed E-state index contributed by atoms with van der Waals surface area (Å²) in [5.41, 5.74) is 19.8. The third-order valence-electron chi connectivity index (χ3n) is 8.73. The van der Waals surface area contributed by atoms with Crippen LogP contribution in [0.15, 0.2) is 72.9 Å². The van der Waals surface area contributed by atoms with Gasteiger partial charge in [0, 0.05) is 42.2 Å². The number of pyridine rings is 2. The predicted molar refractivity (Wildman–Crippen MR) is 200 cm³/mol. The van der Waals surface area contributed by atoms with Crippen molar-refractivity contribution < 1.29 is 23.7 Å². The van der Waals surface area contributed by atoms with E-state index in [0.717, 1.165) is 81.9 Å². The molecule has 9 heteroatoms. The number of nitrogens with zero attached hydrogens (tertiary/aromatic N) is 2. The van der Waals surface area contributed by atoms with E-state index in [2.05, 4.69) is 60.2 Å². The zero-order valence-corrected chi connectivity index (χ0v) is 29.4. The van der Waals surface area contributed by atoms with Gasteiger partial charge in [-0.2, -0.15) is 0 Å². The molecule has 0 bridgehead atoms. The van der Waals surface area contributed by atoms with E-state index in [1.165, 1.54) is 11.1 Å². The van der Waals surface area contributed by atoms with Gasteiger partial charge < -0.3 is 30.4 Å². The Morgan fingerprint density at radius 2 is 1.48 bits per heavy atom. The lowest BCUT2D eigenvalue weighted by Crippen LogP contribution is -2.11. The van der Waals surface area contributed by atoms with Crippen molar-refractivity contribution in [2.75, 3.05) is 51.9 Å². The highest BCUT2D eigenvalue weighted by molar-refractivity contribution is 6.08. The Morgan fingerprint density at radius 3 is 2.22 bits per heavy atom. The summed E-state index contributed by atoms with van der Waals surface area (Å²) in [6, 6.07) is 22.4. The van der Waals surface area contributed by atoms with Crippen LogP contribution in [0, 0.1) is 13.8 Å². The first kappa shape index (κ1) is 36.9. The van der Waals surface area contributed by atoms with Crippen molar-refractivity contribution in [3.05, 3.63) is 106 Å². The third-order valence-corrected chi connectivity index (χ3v) is 8.73. The maximum atomic E-state index is 12.7. The number of anilines is 1. The van der Waals surface area contributed by atoms with Crippen molar-refractivity contribution in [3.8, 4) is 5.75 Å². The molecular weight excluding hydrogens is 628 g/mol. The first-order chi connectivity index (χ1) is 24.4. The van der Waals surface area contributed by atoms with Crippen LogP contribution in [0.2, 0.25) is 0 Å². The molecule has 4 N–H and O–H groups in total. The lowest BCUT2D eigenvalue weighted by Gasteiger charge is -2.12. The second-order valence-corrected chi connectivity index (χ2v) is 12.7. The zero-order chi connectivity index (χ0) is 35.1. The lowest BCUT2D eigenvalue weighted by molar-refractivity contribution is 0.0138. The van der Waals surface area contributed by atoms with Crippen LogP contribution in [-0.4, -0.2) is 61.9 Å². The molecule has 0 unspecified atom stereocenters. The maximum Gasteiger partial charge on any atom is 0.162 e. The van der Waals surface area contributed by atoms with E-state index < -0.39 is 0 Å². The second-order valence-electron chi connectivity index (χ2n) is 12.7. The van der Waals surface area contributed by atoms with Crippen LogP contribution in [0.4, 0.5) is 5.82 Å². The number of carbonyl (C=O) groups excluding carboxylic acids is 1. The number of hydrogen-bond acceptors (Lipinski definition) is 9. The lowest BCUT2D eigenvalue weighted by atomic mass is 9.99. The summed E-state index contributed by atoms with van der Waals surface area (Å²) in [6.45, 7) is 8.76. The normalized spacial score (nSPS) is 11.4. The van der Waals surface area contributed by atoms with Crippen LogP contribution >= 0.6 is 0 Å². The molecule has 0 aliphatic heterocycles. The maximum absolute atomic E-state index is 12.7. The molecule has 0 radical (unpaired) electrons. The van der Waals surface area contributed by atoms with Gasteiger partial charge >= 0.3 is 0 Å². The van der Waals surface area contributed by atoms with Gasteiger partial charge in [0.2, 0.25) is 0 Å². The highest BCUT2D eigenvalue weighted by Crippen LogP contribution is 2.28. The van der Waals surface area contributed by atoms with Gasteiger partial charge in [-0.1, -0.05) is 42.5 Å². The van der Waals surface area contributed by atoms with Gasteiger partial charge in [-0.15, -0.1) is 0 Å². The monoisotopic (exact) mass is 678 g/mol. The number of nitrogens with two attached hydrogens (primary N) is 2. The van der Waals surface area contributed by atoms with Gasteiger partial charge in [0.25, 0.3) is 0 Å². The summed E-state index contributed by atoms with van der Waals surface area (Å²) in [6.07, 6.45) is 6.65. The molecule has 5 aromatic rings. The molecule has 0 fully saturated rings. The molecule has 264 valence electrons. The number of Topliss-reactive ketones (excluding diaryl/α,β-unsaturated/α-hetero) is 1. The van der Waals surface area contributed by atoms with Crippen molar-refractivity contribution in [1.82, 2.24) is 9.97 Å². The van der Waals surface area contributed by atoms with E-state index in [0.29, 0.717) is 65.0 Å². The number of aromatic nitrogens is 2. The number of nitrogen functional groups attached to an aromatic ring is 1. The number of fused-ring (bicyclic) bond motifs is 3. The van der Waals surface area contributed by atoms with Gasteiger partial charge in [0.1, 0.15) is 17.9 Å². The standard InChI is InChI=1S/C41H50N4O5/c1-29-7-16-36-37-26-32(27-44-40(37)41(43)45-38(36)24-29)10-11-33-14-15-35(25-30(33)2)50-28-31-8-12-34(13-9-31)39(46)6-3-4-18-47-20-22-49-23-21-48-19-5-17-42/h7-9,12-16,24-27H,3-6,10-11,17-23,28,42H2,1-2H3,(H2,43,45). The molecule has 0 spiro atoms. The van der Waals surface area contributed by atoms with Crippen LogP contribution in [0.1, 0.15) is 63.9 Å². The largest absolute Gasteiger partial charge is 0.489 e. The van der Waals surface area contributed by atoms with Crippen LogP contribution in [0.5, 0.6) is 5.75 Å². The molecule has 3 aromatic carbocycles. The number of unbranched alkanes of at least 4 members (excludes halogenated alkanes) is 1. The molecule has 0 atom stereocenters. The third kappa shape index (κ3) is 10.8. The molecular formula is C41H50N4O5. The van der Waals surface area contributed by atoms with Crippen molar-refractivity contribution in [3.63, 3.8) is 0 Å². The minimum Gasteiger partial charge on any atom is -0.489 e. The molecule has 2 heterocycles.